The van der Waals surface area contributed by atoms with Crippen LogP contribution in [0.4, 0.5) is 5.69 Å². The van der Waals surface area contributed by atoms with Crippen LogP contribution in [0.5, 0.6) is 11.5 Å². The van der Waals surface area contributed by atoms with E-state index >= 15 is 0 Å². The Bertz CT molecular complexity index is 722. The molecule has 0 fully saturated rings. The second kappa shape index (κ2) is 8.62. The number of amides is 1. The zero-order valence-corrected chi connectivity index (χ0v) is 14.6. The fourth-order valence-corrected chi connectivity index (χ4v) is 2.81. The first kappa shape index (κ1) is 17.4. The van der Waals surface area contributed by atoms with Crippen LogP contribution >= 0.6 is 11.6 Å². The van der Waals surface area contributed by atoms with Gasteiger partial charge < -0.3 is 20.1 Å². The molecule has 2 N–H and O–H groups in total. The van der Waals surface area contributed by atoms with E-state index in [2.05, 4.69) is 10.6 Å². The van der Waals surface area contributed by atoms with Crippen molar-refractivity contribution in [3.05, 3.63) is 53.1 Å². The molecule has 0 radical (unpaired) electrons. The number of nitrogens with one attached hydrogen (secondary N) is 2. The molecule has 0 aromatic heterocycles. The highest BCUT2D eigenvalue weighted by Gasteiger charge is 2.18. The molecule has 2 aromatic carbocycles. The van der Waals surface area contributed by atoms with Gasteiger partial charge in [0.05, 0.1) is 18.2 Å². The van der Waals surface area contributed by atoms with Crippen molar-refractivity contribution in [3.63, 3.8) is 0 Å². The second-order valence-electron chi connectivity index (χ2n) is 5.74. The van der Waals surface area contributed by atoms with Gasteiger partial charge in [-0.15, -0.1) is 0 Å². The molecule has 6 heteroatoms. The van der Waals surface area contributed by atoms with Crippen molar-refractivity contribution in [3.8, 4) is 11.5 Å². The number of hydrogen-bond donors (Lipinski definition) is 2. The van der Waals surface area contributed by atoms with Crippen LogP contribution in [0, 0.1) is 0 Å². The van der Waals surface area contributed by atoms with Gasteiger partial charge in [-0.25, -0.2) is 0 Å². The highest BCUT2D eigenvalue weighted by atomic mass is 35.5. The van der Waals surface area contributed by atoms with Gasteiger partial charge in [0.15, 0.2) is 11.5 Å². The number of hydrogen-bond acceptors (Lipinski definition) is 4. The number of rotatable bonds is 6. The molecule has 0 bridgehead atoms. The molecule has 1 aliphatic heterocycles. The van der Waals surface area contributed by atoms with Crippen molar-refractivity contribution in [1.82, 2.24) is 5.32 Å². The lowest BCUT2D eigenvalue weighted by Gasteiger charge is -2.12. The molecule has 2 aromatic rings. The molecule has 5 nitrogen and oxygen atoms in total. The molecule has 1 aliphatic rings. The Morgan fingerprint density at radius 2 is 1.88 bits per heavy atom. The summed E-state index contributed by atoms with van der Waals surface area (Å²) >= 11 is 6.22. The third-order valence-electron chi connectivity index (χ3n) is 3.81. The van der Waals surface area contributed by atoms with E-state index in [9.17, 15) is 4.79 Å². The fourth-order valence-electron chi connectivity index (χ4n) is 2.54. The van der Waals surface area contributed by atoms with Crippen LogP contribution in [-0.2, 0) is 0 Å². The van der Waals surface area contributed by atoms with E-state index in [-0.39, 0.29) is 5.91 Å². The zero-order valence-electron chi connectivity index (χ0n) is 13.9. The lowest BCUT2D eigenvalue weighted by atomic mass is 10.2. The Kier molecular flexibility index (Phi) is 6.01. The maximum absolute atomic E-state index is 12.3. The SMILES string of the molecule is O=C(NCCCNc1ccccc1)c1cc(Cl)c2c(c1)OCCCO2. The molecular formula is C19H21ClN2O3. The minimum Gasteiger partial charge on any atom is -0.489 e. The number of halogens is 1. The van der Waals surface area contributed by atoms with Crippen LogP contribution in [0.15, 0.2) is 42.5 Å². The Morgan fingerprint density at radius 3 is 2.72 bits per heavy atom. The summed E-state index contributed by atoms with van der Waals surface area (Å²) in [5, 5.41) is 6.61. The summed E-state index contributed by atoms with van der Waals surface area (Å²) in [5.74, 6) is 0.876. The molecule has 3 rings (SSSR count). The van der Waals surface area contributed by atoms with Gasteiger partial charge in [0.2, 0.25) is 0 Å². The Morgan fingerprint density at radius 1 is 1.08 bits per heavy atom. The molecule has 0 atom stereocenters. The molecule has 0 aliphatic carbocycles. The minimum absolute atomic E-state index is 0.169. The second-order valence-corrected chi connectivity index (χ2v) is 6.15. The van der Waals surface area contributed by atoms with Crippen LogP contribution < -0.4 is 20.1 Å². The maximum Gasteiger partial charge on any atom is 0.251 e. The molecule has 0 spiro atoms. The average Bonchev–Trinajstić information content (AvgIpc) is 2.88. The quantitative estimate of drug-likeness (QED) is 0.770. The molecular weight excluding hydrogens is 340 g/mol. The van der Waals surface area contributed by atoms with Crippen molar-refractivity contribution >= 4 is 23.2 Å². The van der Waals surface area contributed by atoms with Crippen LogP contribution in [0.2, 0.25) is 5.02 Å². The van der Waals surface area contributed by atoms with Gasteiger partial charge in [-0.1, -0.05) is 29.8 Å². The van der Waals surface area contributed by atoms with Gasteiger partial charge in [-0.05, 0) is 30.7 Å². The normalized spacial score (nSPS) is 13.0. The first-order valence-corrected chi connectivity index (χ1v) is 8.78. The van der Waals surface area contributed by atoms with Crippen molar-refractivity contribution < 1.29 is 14.3 Å². The standard InChI is InChI=1S/C19H21ClN2O3/c20-16-12-14(13-17-18(16)25-11-5-10-24-17)19(23)22-9-4-8-21-15-6-2-1-3-7-15/h1-3,6-7,12-13,21H,4-5,8-11H2,(H,22,23). The number of carbonyl (C=O) groups is 1. The number of anilines is 1. The molecule has 0 saturated heterocycles. The monoisotopic (exact) mass is 360 g/mol. The minimum atomic E-state index is -0.169. The van der Waals surface area contributed by atoms with E-state index in [1.807, 2.05) is 30.3 Å². The molecule has 1 amide bonds. The maximum atomic E-state index is 12.3. The number of ether oxygens (including phenoxy) is 2. The summed E-state index contributed by atoms with van der Waals surface area (Å²) < 4.78 is 11.2. The predicted molar refractivity (Wildman–Crippen MR) is 98.9 cm³/mol. The van der Waals surface area contributed by atoms with E-state index in [0.717, 1.165) is 25.1 Å². The lowest BCUT2D eigenvalue weighted by Crippen LogP contribution is -2.25. The van der Waals surface area contributed by atoms with E-state index in [4.69, 9.17) is 21.1 Å². The van der Waals surface area contributed by atoms with Crippen molar-refractivity contribution in [2.24, 2.45) is 0 Å². The zero-order chi connectivity index (χ0) is 17.5. The van der Waals surface area contributed by atoms with Gasteiger partial charge in [0, 0.05) is 30.8 Å². The Labute approximate surface area is 152 Å². The lowest BCUT2D eigenvalue weighted by molar-refractivity contribution is 0.0953. The van der Waals surface area contributed by atoms with Gasteiger partial charge in [0.25, 0.3) is 5.91 Å². The highest BCUT2D eigenvalue weighted by Crippen LogP contribution is 2.37. The van der Waals surface area contributed by atoms with Crippen LogP contribution in [0.3, 0.4) is 0 Å². The summed E-state index contributed by atoms with van der Waals surface area (Å²) in [5.41, 5.74) is 1.55. The van der Waals surface area contributed by atoms with Gasteiger partial charge in [-0.3, -0.25) is 4.79 Å². The number of para-hydroxylation sites is 1. The van der Waals surface area contributed by atoms with Crippen LogP contribution in [-0.4, -0.2) is 32.2 Å². The number of benzene rings is 2. The summed E-state index contributed by atoms with van der Waals surface area (Å²) in [4.78, 5) is 12.3. The third-order valence-corrected chi connectivity index (χ3v) is 4.09. The van der Waals surface area contributed by atoms with Crippen molar-refractivity contribution in [1.29, 1.82) is 0 Å². The summed E-state index contributed by atoms with van der Waals surface area (Å²) in [6.45, 7) is 2.48. The van der Waals surface area contributed by atoms with E-state index in [1.54, 1.807) is 12.1 Å². The number of carbonyl (C=O) groups excluding carboxylic acids is 1. The Hall–Kier alpha value is -2.40. The van der Waals surface area contributed by atoms with E-state index in [0.29, 0.717) is 41.8 Å². The summed E-state index contributed by atoms with van der Waals surface area (Å²) in [6.07, 6.45) is 1.61. The largest absolute Gasteiger partial charge is 0.489 e. The molecule has 0 unspecified atom stereocenters. The van der Waals surface area contributed by atoms with Crippen LogP contribution in [0.1, 0.15) is 23.2 Å². The topological polar surface area (TPSA) is 59.6 Å². The van der Waals surface area contributed by atoms with Gasteiger partial charge in [0.1, 0.15) is 0 Å². The predicted octanol–water partition coefficient (Wildman–Crippen LogP) is 3.73. The average molecular weight is 361 g/mol. The van der Waals surface area contributed by atoms with E-state index in [1.165, 1.54) is 0 Å². The third kappa shape index (κ3) is 4.79. The molecule has 25 heavy (non-hydrogen) atoms. The van der Waals surface area contributed by atoms with Gasteiger partial charge >= 0.3 is 0 Å². The number of fused-ring (bicyclic) bond motifs is 1. The summed E-state index contributed by atoms with van der Waals surface area (Å²) in [7, 11) is 0. The first-order chi connectivity index (χ1) is 12.2. The molecule has 132 valence electrons. The molecule has 1 heterocycles. The van der Waals surface area contributed by atoms with Crippen molar-refractivity contribution in [2.75, 3.05) is 31.6 Å². The smallest absolute Gasteiger partial charge is 0.251 e. The molecule has 0 saturated carbocycles. The van der Waals surface area contributed by atoms with Crippen molar-refractivity contribution in [2.45, 2.75) is 12.8 Å². The fraction of sp³-hybridized carbons (Fsp3) is 0.316. The summed E-state index contributed by atoms with van der Waals surface area (Å²) in [6, 6.07) is 13.3. The van der Waals surface area contributed by atoms with Gasteiger partial charge in [-0.2, -0.15) is 0 Å². The first-order valence-electron chi connectivity index (χ1n) is 8.40. The van der Waals surface area contributed by atoms with Crippen LogP contribution in [0.25, 0.3) is 0 Å². The highest BCUT2D eigenvalue weighted by molar-refractivity contribution is 6.32. The van der Waals surface area contributed by atoms with E-state index < -0.39 is 0 Å². The Balaban J connectivity index is 1.50.